The molecule has 0 aliphatic heterocycles. The Morgan fingerprint density at radius 2 is 1.02 bits per heavy atom. The van der Waals surface area contributed by atoms with Crippen molar-refractivity contribution in [3.8, 4) is 0 Å². The molecule has 5 N–H and O–H groups in total. The van der Waals surface area contributed by atoms with Crippen LogP contribution in [0.1, 0.15) is 187 Å². The van der Waals surface area contributed by atoms with E-state index < -0.39 is 20.0 Å². The number of rotatable bonds is 39. The molecular weight excluding hydrogens is 671 g/mol. The number of nitrogens with two attached hydrogens (primary N) is 1. The van der Waals surface area contributed by atoms with Crippen molar-refractivity contribution in [1.29, 1.82) is 0 Å². The van der Waals surface area contributed by atoms with Gasteiger partial charge in [0.25, 0.3) is 0 Å². The van der Waals surface area contributed by atoms with Gasteiger partial charge in [-0.25, -0.2) is 4.57 Å². The highest BCUT2D eigenvalue weighted by Gasteiger charge is 2.26. The Hall–Kier alpha value is -1.54. The van der Waals surface area contributed by atoms with Crippen LogP contribution < -0.4 is 11.1 Å². The predicted octanol–water partition coefficient (Wildman–Crippen LogP) is 11.7. The molecule has 9 heteroatoms. The number of unbranched alkanes of at least 4 members (excludes halogenated alkanes) is 21. The Morgan fingerprint density at radius 1 is 0.615 bits per heavy atom. The SMILES string of the molecule is CCCCCCC/C=C/CC/C=C/CC/C=C/C(O)C(COP(=O)(O)OCCN)NC(=O)CCCCCCCCC/C=C\CCCCCCCCC. The average Bonchev–Trinajstić information content (AvgIpc) is 3.13. The molecule has 0 aromatic rings. The summed E-state index contributed by atoms with van der Waals surface area (Å²) in [6, 6.07) is -0.885. The van der Waals surface area contributed by atoms with Crippen molar-refractivity contribution in [1.82, 2.24) is 5.32 Å². The molecule has 3 unspecified atom stereocenters. The van der Waals surface area contributed by atoms with Crippen LogP contribution in [0.2, 0.25) is 0 Å². The van der Waals surface area contributed by atoms with E-state index in [1.165, 1.54) is 122 Å². The van der Waals surface area contributed by atoms with Crippen LogP contribution in [0, 0.1) is 0 Å². The molecular formula is C43H81N2O6P. The second-order valence-electron chi connectivity index (χ2n) is 14.2. The molecule has 3 atom stereocenters. The molecule has 8 nitrogen and oxygen atoms in total. The van der Waals surface area contributed by atoms with Crippen LogP contribution in [-0.2, 0) is 18.4 Å². The highest BCUT2D eigenvalue weighted by molar-refractivity contribution is 7.47. The fourth-order valence-corrected chi connectivity index (χ4v) is 6.62. The standard InChI is InChI=1S/C43H81N2O6P/c1-3-5-7-9-11-13-15-17-19-20-21-23-25-27-29-31-33-35-37-43(47)45-41(40-51-52(48,49)50-39-38-44)42(46)36-34-32-30-28-26-24-22-18-16-14-12-10-8-6-4-2/h16,18-20,26,28,34,36,41-42,46H,3-15,17,21-25,27,29-33,35,37-40,44H2,1-2H3,(H,45,47)(H,48,49)/b18-16+,20-19-,28-26+,36-34+. The lowest BCUT2D eigenvalue weighted by atomic mass is 10.1. The number of allylic oxidation sites excluding steroid dienone is 7. The number of hydrogen-bond donors (Lipinski definition) is 4. The van der Waals surface area contributed by atoms with Crippen molar-refractivity contribution in [2.45, 2.75) is 199 Å². The monoisotopic (exact) mass is 753 g/mol. The minimum atomic E-state index is -4.35. The second-order valence-corrected chi connectivity index (χ2v) is 15.6. The molecule has 0 rings (SSSR count). The van der Waals surface area contributed by atoms with Gasteiger partial charge < -0.3 is 21.1 Å². The smallest absolute Gasteiger partial charge is 0.387 e. The fraction of sp³-hybridized carbons (Fsp3) is 0.791. The lowest BCUT2D eigenvalue weighted by molar-refractivity contribution is -0.123. The zero-order valence-corrected chi connectivity index (χ0v) is 34.4. The molecule has 0 spiro atoms. The number of hydrogen-bond acceptors (Lipinski definition) is 6. The average molecular weight is 753 g/mol. The van der Waals surface area contributed by atoms with Crippen LogP contribution in [0.15, 0.2) is 48.6 Å². The van der Waals surface area contributed by atoms with Gasteiger partial charge in [-0.3, -0.25) is 13.8 Å². The Bertz CT molecular complexity index is 954. The van der Waals surface area contributed by atoms with E-state index in [4.69, 9.17) is 14.8 Å². The van der Waals surface area contributed by atoms with Gasteiger partial charge in [0.05, 0.1) is 25.4 Å². The van der Waals surface area contributed by atoms with E-state index in [-0.39, 0.29) is 25.7 Å². The summed E-state index contributed by atoms with van der Waals surface area (Å²) in [5.41, 5.74) is 5.36. The summed E-state index contributed by atoms with van der Waals surface area (Å²) >= 11 is 0. The third-order valence-electron chi connectivity index (χ3n) is 9.10. The molecule has 0 heterocycles. The Labute approximate surface area is 320 Å². The van der Waals surface area contributed by atoms with E-state index in [0.717, 1.165) is 44.9 Å². The summed E-state index contributed by atoms with van der Waals surface area (Å²) in [7, 11) is -4.35. The first kappa shape index (κ1) is 50.5. The fourth-order valence-electron chi connectivity index (χ4n) is 5.86. The van der Waals surface area contributed by atoms with E-state index in [2.05, 4.69) is 55.6 Å². The number of nitrogens with one attached hydrogen (secondary N) is 1. The zero-order valence-electron chi connectivity index (χ0n) is 33.5. The van der Waals surface area contributed by atoms with Gasteiger partial charge in [0.1, 0.15) is 0 Å². The number of carbonyl (C=O) groups is 1. The van der Waals surface area contributed by atoms with E-state index in [9.17, 15) is 19.4 Å². The summed E-state index contributed by atoms with van der Waals surface area (Å²) in [6.45, 7) is 4.08. The van der Waals surface area contributed by atoms with Gasteiger partial charge in [0, 0.05) is 13.0 Å². The first-order valence-electron chi connectivity index (χ1n) is 21.3. The van der Waals surface area contributed by atoms with E-state index in [1.807, 2.05) is 6.08 Å². The lowest BCUT2D eigenvalue weighted by Crippen LogP contribution is -2.45. The van der Waals surface area contributed by atoms with Gasteiger partial charge in [0.2, 0.25) is 5.91 Å². The summed E-state index contributed by atoms with van der Waals surface area (Å²) in [5.74, 6) is -0.214. The van der Waals surface area contributed by atoms with Gasteiger partial charge in [-0.15, -0.1) is 0 Å². The maximum atomic E-state index is 12.7. The molecule has 304 valence electrons. The summed E-state index contributed by atoms with van der Waals surface area (Å²) in [4.78, 5) is 22.7. The van der Waals surface area contributed by atoms with Crippen LogP contribution in [-0.4, -0.2) is 47.8 Å². The van der Waals surface area contributed by atoms with Crippen molar-refractivity contribution >= 4 is 13.7 Å². The maximum Gasteiger partial charge on any atom is 0.472 e. The molecule has 52 heavy (non-hydrogen) atoms. The number of phosphoric ester groups is 1. The van der Waals surface area contributed by atoms with Gasteiger partial charge in [-0.05, 0) is 70.6 Å². The third-order valence-corrected chi connectivity index (χ3v) is 10.1. The van der Waals surface area contributed by atoms with Gasteiger partial charge in [-0.2, -0.15) is 0 Å². The van der Waals surface area contributed by atoms with E-state index >= 15 is 0 Å². The highest BCUT2D eigenvalue weighted by atomic mass is 31.2. The van der Waals surface area contributed by atoms with Crippen molar-refractivity contribution in [2.75, 3.05) is 19.8 Å². The van der Waals surface area contributed by atoms with E-state index in [0.29, 0.717) is 6.42 Å². The van der Waals surface area contributed by atoms with Gasteiger partial charge in [0.15, 0.2) is 0 Å². The van der Waals surface area contributed by atoms with Crippen molar-refractivity contribution in [2.24, 2.45) is 5.73 Å². The molecule has 0 aromatic heterocycles. The number of amides is 1. The number of aliphatic hydroxyl groups is 1. The number of carbonyl (C=O) groups excluding carboxylic acids is 1. The lowest BCUT2D eigenvalue weighted by Gasteiger charge is -2.23. The number of aliphatic hydroxyl groups excluding tert-OH is 1. The first-order valence-corrected chi connectivity index (χ1v) is 22.8. The quantitative estimate of drug-likeness (QED) is 0.0279. The van der Waals surface area contributed by atoms with Crippen LogP contribution >= 0.6 is 7.82 Å². The van der Waals surface area contributed by atoms with Crippen molar-refractivity contribution < 1.29 is 28.4 Å². The molecule has 0 saturated carbocycles. The van der Waals surface area contributed by atoms with Crippen LogP contribution in [0.25, 0.3) is 0 Å². The number of phosphoric acid groups is 1. The molecule has 0 aromatic carbocycles. The maximum absolute atomic E-state index is 12.7. The van der Waals surface area contributed by atoms with Crippen LogP contribution in [0.5, 0.6) is 0 Å². The molecule has 0 fully saturated rings. The Morgan fingerprint density at radius 3 is 1.48 bits per heavy atom. The van der Waals surface area contributed by atoms with Gasteiger partial charge in [-0.1, -0.05) is 159 Å². The third kappa shape index (κ3) is 36.8. The minimum absolute atomic E-state index is 0.0700. The molecule has 0 saturated heterocycles. The Balaban J connectivity index is 4.30. The molecule has 1 amide bonds. The molecule has 0 aliphatic rings. The molecule has 0 radical (unpaired) electrons. The second kappa shape index (κ2) is 39.2. The summed E-state index contributed by atoms with van der Waals surface area (Å²) in [6.07, 6.45) is 47.3. The van der Waals surface area contributed by atoms with Crippen LogP contribution in [0.3, 0.4) is 0 Å². The highest BCUT2D eigenvalue weighted by Crippen LogP contribution is 2.43. The Kier molecular flexibility index (Phi) is 38.0. The summed E-state index contributed by atoms with van der Waals surface area (Å²) in [5, 5.41) is 13.6. The molecule has 0 bridgehead atoms. The normalized spacial score (nSPS) is 14.6. The van der Waals surface area contributed by atoms with Crippen molar-refractivity contribution in [3.05, 3.63) is 48.6 Å². The van der Waals surface area contributed by atoms with Crippen LogP contribution in [0.4, 0.5) is 0 Å². The predicted molar refractivity (Wildman–Crippen MR) is 221 cm³/mol. The topological polar surface area (TPSA) is 131 Å². The van der Waals surface area contributed by atoms with Gasteiger partial charge >= 0.3 is 7.82 Å². The summed E-state index contributed by atoms with van der Waals surface area (Å²) < 4.78 is 22.1. The zero-order chi connectivity index (χ0) is 38.2. The largest absolute Gasteiger partial charge is 0.472 e. The molecule has 0 aliphatic carbocycles. The van der Waals surface area contributed by atoms with E-state index in [1.54, 1.807) is 6.08 Å². The van der Waals surface area contributed by atoms with Crippen molar-refractivity contribution in [3.63, 3.8) is 0 Å². The first-order chi connectivity index (χ1) is 25.4. The minimum Gasteiger partial charge on any atom is -0.387 e.